The molecule has 2 aromatic rings. The molecule has 0 saturated heterocycles. The van der Waals surface area contributed by atoms with Gasteiger partial charge in [-0.25, -0.2) is 0 Å². The Bertz CT molecular complexity index is 536. The van der Waals surface area contributed by atoms with Crippen molar-refractivity contribution >= 4 is 10.8 Å². The highest BCUT2D eigenvalue weighted by molar-refractivity contribution is 5.90. The molecule has 0 bridgehead atoms. The predicted molar refractivity (Wildman–Crippen MR) is 60.5 cm³/mol. The van der Waals surface area contributed by atoms with E-state index in [0.29, 0.717) is 11.5 Å². The van der Waals surface area contributed by atoms with Gasteiger partial charge in [0.1, 0.15) is 0 Å². The fourth-order valence-corrected chi connectivity index (χ4v) is 1.81. The van der Waals surface area contributed by atoms with E-state index in [9.17, 15) is 0 Å². The first-order valence-corrected chi connectivity index (χ1v) is 5.00. The van der Waals surface area contributed by atoms with Gasteiger partial charge in [-0.05, 0) is 29.0 Å². The van der Waals surface area contributed by atoms with Gasteiger partial charge in [0.05, 0.1) is 11.6 Å². The van der Waals surface area contributed by atoms with E-state index in [1.54, 1.807) is 12.4 Å². The van der Waals surface area contributed by atoms with Gasteiger partial charge in [-0.1, -0.05) is 19.9 Å². The summed E-state index contributed by atoms with van der Waals surface area (Å²) in [5.74, 6) is 0.461. The van der Waals surface area contributed by atoms with Gasteiger partial charge in [0.2, 0.25) is 0 Å². The summed E-state index contributed by atoms with van der Waals surface area (Å²) in [6.07, 6.45) is 3.54. The molecule has 0 atom stereocenters. The lowest BCUT2D eigenvalue weighted by molar-refractivity contribution is 0.876. The van der Waals surface area contributed by atoms with Gasteiger partial charge in [-0.15, -0.1) is 0 Å². The van der Waals surface area contributed by atoms with Crippen LogP contribution in [-0.2, 0) is 0 Å². The number of pyridine rings is 1. The fourth-order valence-electron chi connectivity index (χ4n) is 1.81. The van der Waals surface area contributed by atoms with Crippen molar-refractivity contribution in [2.24, 2.45) is 0 Å². The molecule has 0 spiro atoms. The van der Waals surface area contributed by atoms with Crippen LogP contribution in [0, 0.1) is 11.3 Å². The SMILES string of the molecule is CC(C)c1ccc(C#N)c2cnccc12. The Kier molecular flexibility index (Phi) is 2.39. The van der Waals surface area contributed by atoms with E-state index < -0.39 is 0 Å². The van der Waals surface area contributed by atoms with Crippen LogP contribution in [0.15, 0.2) is 30.6 Å². The standard InChI is InChI=1S/C13H12N2/c1-9(2)11-4-3-10(7-14)13-8-15-6-5-12(11)13/h3-6,8-9H,1-2H3. The van der Waals surface area contributed by atoms with Gasteiger partial charge in [-0.2, -0.15) is 5.26 Å². The number of benzene rings is 1. The summed E-state index contributed by atoms with van der Waals surface area (Å²) in [6, 6.07) is 8.08. The predicted octanol–water partition coefficient (Wildman–Crippen LogP) is 3.23. The van der Waals surface area contributed by atoms with Crippen molar-refractivity contribution in [2.45, 2.75) is 19.8 Å². The Labute approximate surface area is 89.2 Å². The zero-order chi connectivity index (χ0) is 10.8. The van der Waals surface area contributed by atoms with E-state index in [1.807, 2.05) is 18.2 Å². The summed E-state index contributed by atoms with van der Waals surface area (Å²) in [6.45, 7) is 4.31. The Balaban J connectivity index is 2.85. The average molecular weight is 196 g/mol. The Morgan fingerprint density at radius 2 is 2.00 bits per heavy atom. The number of aromatic nitrogens is 1. The second kappa shape index (κ2) is 3.70. The van der Waals surface area contributed by atoms with E-state index in [-0.39, 0.29) is 0 Å². The van der Waals surface area contributed by atoms with Crippen molar-refractivity contribution in [2.75, 3.05) is 0 Å². The summed E-state index contributed by atoms with van der Waals surface area (Å²) >= 11 is 0. The van der Waals surface area contributed by atoms with Gasteiger partial charge in [0.15, 0.2) is 0 Å². The summed E-state index contributed by atoms with van der Waals surface area (Å²) in [7, 11) is 0. The van der Waals surface area contributed by atoms with Crippen LogP contribution in [0.1, 0.15) is 30.9 Å². The molecule has 0 radical (unpaired) electrons. The largest absolute Gasteiger partial charge is 0.264 e. The molecule has 15 heavy (non-hydrogen) atoms. The molecule has 0 N–H and O–H groups in total. The lowest BCUT2D eigenvalue weighted by Crippen LogP contribution is -1.91. The number of nitriles is 1. The molecule has 0 unspecified atom stereocenters. The molecule has 2 nitrogen and oxygen atoms in total. The molecule has 2 rings (SSSR count). The van der Waals surface area contributed by atoms with Crippen LogP contribution in [0.2, 0.25) is 0 Å². The maximum atomic E-state index is 8.99. The first kappa shape index (κ1) is 9.67. The van der Waals surface area contributed by atoms with Crippen LogP contribution in [-0.4, -0.2) is 4.98 Å². The minimum Gasteiger partial charge on any atom is -0.264 e. The van der Waals surface area contributed by atoms with Crippen LogP contribution in [0.4, 0.5) is 0 Å². The van der Waals surface area contributed by atoms with Crippen molar-refractivity contribution in [1.29, 1.82) is 5.26 Å². The second-order valence-electron chi connectivity index (χ2n) is 3.89. The van der Waals surface area contributed by atoms with Gasteiger partial charge in [0, 0.05) is 17.8 Å². The van der Waals surface area contributed by atoms with E-state index in [0.717, 1.165) is 10.8 Å². The maximum absolute atomic E-state index is 8.99. The third-order valence-electron chi connectivity index (χ3n) is 2.59. The molecular formula is C13H12N2. The summed E-state index contributed by atoms with van der Waals surface area (Å²) in [5, 5.41) is 11.1. The lowest BCUT2D eigenvalue weighted by Gasteiger charge is -2.10. The quantitative estimate of drug-likeness (QED) is 0.702. The molecule has 74 valence electrons. The van der Waals surface area contributed by atoms with Crippen LogP contribution in [0.5, 0.6) is 0 Å². The molecule has 1 aromatic heterocycles. The lowest BCUT2D eigenvalue weighted by atomic mass is 9.95. The molecule has 0 aliphatic carbocycles. The van der Waals surface area contributed by atoms with Crippen LogP contribution >= 0.6 is 0 Å². The van der Waals surface area contributed by atoms with Crippen LogP contribution in [0.25, 0.3) is 10.8 Å². The van der Waals surface area contributed by atoms with Gasteiger partial charge in [0.25, 0.3) is 0 Å². The average Bonchev–Trinajstić information content (AvgIpc) is 2.27. The molecule has 1 aromatic carbocycles. The minimum absolute atomic E-state index is 0.461. The van der Waals surface area contributed by atoms with Crippen molar-refractivity contribution in [3.63, 3.8) is 0 Å². The molecule has 2 heteroatoms. The highest BCUT2D eigenvalue weighted by atomic mass is 14.6. The molecule has 0 amide bonds. The molecule has 0 aliphatic rings. The molecule has 1 heterocycles. The zero-order valence-corrected chi connectivity index (χ0v) is 8.86. The third-order valence-corrected chi connectivity index (χ3v) is 2.59. The van der Waals surface area contributed by atoms with Crippen molar-refractivity contribution in [1.82, 2.24) is 4.98 Å². The molecule has 0 fully saturated rings. The normalized spacial score (nSPS) is 10.5. The highest BCUT2D eigenvalue weighted by Gasteiger charge is 2.07. The maximum Gasteiger partial charge on any atom is 0.0998 e. The van der Waals surface area contributed by atoms with E-state index in [1.165, 1.54) is 5.56 Å². The number of fused-ring (bicyclic) bond motifs is 1. The second-order valence-corrected chi connectivity index (χ2v) is 3.89. The number of nitrogens with zero attached hydrogens (tertiary/aromatic N) is 2. The van der Waals surface area contributed by atoms with Crippen molar-refractivity contribution in [3.8, 4) is 6.07 Å². The first-order chi connectivity index (χ1) is 7.24. The number of hydrogen-bond donors (Lipinski definition) is 0. The first-order valence-electron chi connectivity index (χ1n) is 5.00. The van der Waals surface area contributed by atoms with E-state index in [4.69, 9.17) is 5.26 Å². The Hall–Kier alpha value is -1.88. The van der Waals surface area contributed by atoms with Gasteiger partial charge >= 0.3 is 0 Å². The minimum atomic E-state index is 0.461. The van der Waals surface area contributed by atoms with Gasteiger partial charge < -0.3 is 0 Å². The molecule has 0 aliphatic heterocycles. The summed E-state index contributed by atoms with van der Waals surface area (Å²) in [4.78, 5) is 4.07. The summed E-state index contributed by atoms with van der Waals surface area (Å²) in [5.41, 5.74) is 1.97. The summed E-state index contributed by atoms with van der Waals surface area (Å²) < 4.78 is 0. The van der Waals surface area contributed by atoms with Crippen LogP contribution in [0.3, 0.4) is 0 Å². The fraction of sp³-hybridized carbons (Fsp3) is 0.231. The van der Waals surface area contributed by atoms with Crippen molar-refractivity contribution in [3.05, 3.63) is 41.7 Å². The smallest absolute Gasteiger partial charge is 0.0998 e. The van der Waals surface area contributed by atoms with E-state index in [2.05, 4.69) is 24.9 Å². The highest BCUT2D eigenvalue weighted by Crippen LogP contribution is 2.26. The van der Waals surface area contributed by atoms with Crippen LogP contribution < -0.4 is 0 Å². The monoisotopic (exact) mass is 196 g/mol. The van der Waals surface area contributed by atoms with Crippen molar-refractivity contribution < 1.29 is 0 Å². The van der Waals surface area contributed by atoms with Gasteiger partial charge in [-0.3, -0.25) is 4.98 Å². The molecule has 0 saturated carbocycles. The molecular weight excluding hydrogens is 184 g/mol. The topological polar surface area (TPSA) is 36.7 Å². The van der Waals surface area contributed by atoms with E-state index >= 15 is 0 Å². The zero-order valence-electron chi connectivity index (χ0n) is 8.86. The third kappa shape index (κ3) is 1.57. The Morgan fingerprint density at radius 1 is 1.20 bits per heavy atom. The Morgan fingerprint density at radius 3 is 2.67 bits per heavy atom. The number of rotatable bonds is 1. The number of hydrogen-bond acceptors (Lipinski definition) is 2.